The lowest BCUT2D eigenvalue weighted by molar-refractivity contribution is -0.114. The molecule has 0 N–H and O–H groups in total. The molecule has 0 radical (unpaired) electrons. The number of alkyl halides is 3. The standard InChI is InChI=1S/C22H17F3N4O/c1-14-11-16(15(2)28(14)18-9-6-10-26-13-18)12-19-20(22(23,24)25)27-29(21(19)30)17-7-4-3-5-8-17/h3-13H,1-2H3/b19-12-. The number of aromatic nitrogens is 2. The van der Waals surface area contributed by atoms with Crippen molar-refractivity contribution in [3.8, 4) is 5.69 Å². The molecule has 3 heterocycles. The molecule has 0 bridgehead atoms. The van der Waals surface area contributed by atoms with E-state index in [2.05, 4.69) is 10.1 Å². The van der Waals surface area contributed by atoms with Gasteiger partial charge < -0.3 is 4.57 Å². The average Bonchev–Trinajstić information content (AvgIpc) is 3.20. The maximum absolute atomic E-state index is 13.7. The first-order chi connectivity index (χ1) is 14.3. The van der Waals surface area contributed by atoms with Crippen LogP contribution >= 0.6 is 0 Å². The van der Waals surface area contributed by atoms with Gasteiger partial charge in [0.05, 0.1) is 23.1 Å². The maximum Gasteiger partial charge on any atom is 0.435 e. The molecule has 0 aliphatic carbocycles. The number of benzene rings is 1. The second kappa shape index (κ2) is 7.29. The van der Waals surface area contributed by atoms with Crippen LogP contribution < -0.4 is 5.01 Å². The third-order valence-electron chi connectivity index (χ3n) is 4.82. The summed E-state index contributed by atoms with van der Waals surface area (Å²) in [6.07, 6.45) is -0.202. The number of para-hydroxylation sites is 1. The van der Waals surface area contributed by atoms with E-state index in [-0.39, 0.29) is 5.69 Å². The molecule has 0 spiro atoms. The van der Waals surface area contributed by atoms with Gasteiger partial charge in [-0.15, -0.1) is 0 Å². The molecule has 8 heteroatoms. The summed E-state index contributed by atoms with van der Waals surface area (Å²) in [7, 11) is 0. The molecule has 0 unspecified atom stereocenters. The van der Waals surface area contributed by atoms with Crippen molar-refractivity contribution in [2.24, 2.45) is 5.10 Å². The Morgan fingerprint density at radius 3 is 2.33 bits per heavy atom. The fourth-order valence-corrected chi connectivity index (χ4v) is 3.47. The van der Waals surface area contributed by atoms with Crippen molar-refractivity contribution in [1.29, 1.82) is 0 Å². The van der Waals surface area contributed by atoms with Gasteiger partial charge in [0, 0.05) is 17.6 Å². The van der Waals surface area contributed by atoms with Gasteiger partial charge in [0.15, 0.2) is 5.71 Å². The minimum absolute atomic E-state index is 0.272. The minimum atomic E-state index is -4.76. The van der Waals surface area contributed by atoms with Crippen molar-refractivity contribution < 1.29 is 18.0 Å². The first-order valence-corrected chi connectivity index (χ1v) is 9.14. The zero-order valence-electron chi connectivity index (χ0n) is 16.2. The monoisotopic (exact) mass is 410 g/mol. The summed E-state index contributed by atoms with van der Waals surface area (Å²) < 4.78 is 42.9. The Morgan fingerprint density at radius 1 is 1.00 bits per heavy atom. The molecule has 1 aliphatic heterocycles. The SMILES string of the molecule is Cc1cc(/C=C2\C(=O)N(c3ccccc3)N=C2C(F)(F)F)c(C)n1-c1cccnc1. The lowest BCUT2D eigenvalue weighted by Crippen LogP contribution is -2.25. The Balaban J connectivity index is 1.81. The minimum Gasteiger partial charge on any atom is -0.316 e. The fourth-order valence-electron chi connectivity index (χ4n) is 3.47. The number of carbonyl (C=O) groups is 1. The number of pyridine rings is 1. The normalized spacial score (nSPS) is 15.8. The fraction of sp³-hybridized carbons (Fsp3) is 0.136. The van der Waals surface area contributed by atoms with Gasteiger partial charge in [-0.05, 0) is 55.8 Å². The zero-order valence-corrected chi connectivity index (χ0v) is 16.2. The molecule has 3 aromatic rings. The smallest absolute Gasteiger partial charge is 0.316 e. The van der Waals surface area contributed by atoms with Crippen molar-refractivity contribution >= 4 is 23.4 Å². The number of hydrogen-bond donors (Lipinski definition) is 0. The van der Waals surface area contributed by atoms with Crippen LogP contribution in [0.1, 0.15) is 17.0 Å². The number of aryl methyl sites for hydroxylation is 1. The van der Waals surface area contributed by atoms with E-state index in [0.717, 1.165) is 16.4 Å². The van der Waals surface area contributed by atoms with Crippen LogP contribution in [0.2, 0.25) is 0 Å². The van der Waals surface area contributed by atoms with Crippen LogP contribution in [0.3, 0.4) is 0 Å². The van der Waals surface area contributed by atoms with Gasteiger partial charge in [-0.1, -0.05) is 18.2 Å². The third kappa shape index (κ3) is 3.41. The van der Waals surface area contributed by atoms with E-state index in [1.807, 2.05) is 17.6 Å². The summed E-state index contributed by atoms with van der Waals surface area (Å²) >= 11 is 0. The zero-order chi connectivity index (χ0) is 21.5. The van der Waals surface area contributed by atoms with Gasteiger partial charge in [0.2, 0.25) is 0 Å². The lowest BCUT2D eigenvalue weighted by Gasteiger charge is -2.11. The quantitative estimate of drug-likeness (QED) is 0.581. The molecule has 0 fully saturated rings. The molecule has 1 aliphatic rings. The van der Waals surface area contributed by atoms with Crippen molar-refractivity contribution in [2.75, 3.05) is 5.01 Å². The summed E-state index contributed by atoms with van der Waals surface area (Å²) in [5, 5.41) is 4.38. The van der Waals surface area contributed by atoms with E-state index in [4.69, 9.17) is 0 Å². The largest absolute Gasteiger partial charge is 0.435 e. The van der Waals surface area contributed by atoms with Gasteiger partial charge >= 0.3 is 6.18 Å². The number of amides is 1. The Kier molecular flexibility index (Phi) is 4.77. The first kappa shape index (κ1) is 19.6. The van der Waals surface area contributed by atoms with Crippen LogP contribution in [0.15, 0.2) is 71.6 Å². The van der Waals surface area contributed by atoms with Crippen LogP contribution in [0.5, 0.6) is 0 Å². The molecule has 152 valence electrons. The van der Waals surface area contributed by atoms with Crippen LogP contribution in [-0.2, 0) is 4.79 Å². The predicted molar refractivity (Wildman–Crippen MR) is 108 cm³/mol. The average molecular weight is 410 g/mol. The number of anilines is 1. The van der Waals surface area contributed by atoms with Gasteiger partial charge in [0.25, 0.3) is 5.91 Å². The Labute approximate surface area is 170 Å². The lowest BCUT2D eigenvalue weighted by atomic mass is 10.1. The summed E-state index contributed by atoms with van der Waals surface area (Å²) in [6, 6.07) is 13.4. The van der Waals surface area contributed by atoms with Crippen LogP contribution in [0.25, 0.3) is 11.8 Å². The Hall–Kier alpha value is -3.68. The van der Waals surface area contributed by atoms with E-state index < -0.39 is 23.4 Å². The highest BCUT2D eigenvalue weighted by atomic mass is 19.4. The van der Waals surface area contributed by atoms with Crippen molar-refractivity contribution in [1.82, 2.24) is 9.55 Å². The Bertz CT molecular complexity index is 1160. The van der Waals surface area contributed by atoms with E-state index in [0.29, 0.717) is 11.3 Å². The first-order valence-electron chi connectivity index (χ1n) is 9.14. The van der Waals surface area contributed by atoms with E-state index >= 15 is 0 Å². The third-order valence-corrected chi connectivity index (χ3v) is 4.82. The topological polar surface area (TPSA) is 50.5 Å². The molecule has 1 amide bonds. The molecule has 1 aromatic carbocycles. The Morgan fingerprint density at radius 2 is 1.70 bits per heavy atom. The summed E-state index contributed by atoms with van der Waals surface area (Å²) in [6.45, 7) is 3.62. The van der Waals surface area contributed by atoms with Crippen molar-refractivity contribution in [3.05, 3.63) is 83.4 Å². The molecule has 0 saturated heterocycles. The highest BCUT2D eigenvalue weighted by molar-refractivity contribution is 6.34. The predicted octanol–water partition coefficient (Wildman–Crippen LogP) is 4.84. The van der Waals surface area contributed by atoms with Gasteiger partial charge in [-0.25, -0.2) is 0 Å². The summed E-state index contributed by atoms with van der Waals surface area (Å²) in [5.41, 5.74) is 1.37. The molecular formula is C22H17F3N4O. The van der Waals surface area contributed by atoms with Gasteiger partial charge in [-0.3, -0.25) is 9.78 Å². The second-order valence-corrected chi connectivity index (χ2v) is 6.83. The molecule has 5 nitrogen and oxygen atoms in total. The number of hydrazone groups is 1. The van der Waals surface area contributed by atoms with Gasteiger partial charge in [0.1, 0.15) is 0 Å². The molecule has 30 heavy (non-hydrogen) atoms. The van der Waals surface area contributed by atoms with Gasteiger partial charge in [-0.2, -0.15) is 23.3 Å². The van der Waals surface area contributed by atoms with E-state index in [1.165, 1.54) is 18.2 Å². The van der Waals surface area contributed by atoms with Crippen molar-refractivity contribution in [3.63, 3.8) is 0 Å². The number of rotatable bonds is 3. The van der Waals surface area contributed by atoms with Crippen LogP contribution in [0, 0.1) is 13.8 Å². The van der Waals surface area contributed by atoms with Crippen LogP contribution in [-0.4, -0.2) is 27.3 Å². The molecule has 4 rings (SSSR count). The number of halogens is 3. The molecular weight excluding hydrogens is 393 g/mol. The number of hydrogen-bond acceptors (Lipinski definition) is 3. The highest BCUT2D eigenvalue weighted by Crippen LogP contribution is 2.33. The molecule has 2 aromatic heterocycles. The van der Waals surface area contributed by atoms with Crippen LogP contribution in [0.4, 0.5) is 18.9 Å². The van der Waals surface area contributed by atoms with Crippen molar-refractivity contribution in [2.45, 2.75) is 20.0 Å². The highest BCUT2D eigenvalue weighted by Gasteiger charge is 2.46. The second-order valence-electron chi connectivity index (χ2n) is 6.83. The summed E-state index contributed by atoms with van der Waals surface area (Å²) in [4.78, 5) is 17.0. The van der Waals surface area contributed by atoms with E-state index in [1.54, 1.807) is 49.6 Å². The summed E-state index contributed by atoms with van der Waals surface area (Å²) in [5.74, 6) is -0.820. The molecule has 0 saturated carbocycles. The number of carbonyl (C=O) groups excluding carboxylic acids is 1. The maximum atomic E-state index is 13.7. The molecule has 0 atom stereocenters. The van der Waals surface area contributed by atoms with E-state index in [9.17, 15) is 18.0 Å². The number of nitrogens with zero attached hydrogens (tertiary/aromatic N) is 4.